The van der Waals surface area contributed by atoms with E-state index in [0.29, 0.717) is 43.5 Å². The lowest BCUT2D eigenvalue weighted by Gasteiger charge is -2.34. The second-order valence-electron chi connectivity index (χ2n) is 8.14. The number of esters is 1. The third-order valence-corrected chi connectivity index (χ3v) is 5.54. The molecule has 0 spiro atoms. The van der Waals surface area contributed by atoms with Crippen LogP contribution in [0.3, 0.4) is 0 Å². The Hall–Kier alpha value is -3.20. The van der Waals surface area contributed by atoms with E-state index in [9.17, 15) is 14.4 Å². The van der Waals surface area contributed by atoms with Gasteiger partial charge in [0.1, 0.15) is 11.4 Å². The number of hydrogen-bond acceptors (Lipinski definition) is 6. The molecule has 0 aliphatic carbocycles. The van der Waals surface area contributed by atoms with Gasteiger partial charge in [-0.25, -0.2) is 4.79 Å². The summed E-state index contributed by atoms with van der Waals surface area (Å²) < 4.78 is 6.45. The number of aromatic nitrogens is 2. The van der Waals surface area contributed by atoms with Crippen molar-refractivity contribution in [3.8, 4) is 0 Å². The molecule has 1 aliphatic rings. The monoisotopic (exact) mass is 441 g/mol. The SMILES string of the molecule is CCOC(=O)c1cnn(C)c1NC(=O)CN1CCN(C(=O)c2ccc(C(C)C)cc2)CC1. The van der Waals surface area contributed by atoms with Crippen molar-refractivity contribution >= 4 is 23.6 Å². The van der Waals surface area contributed by atoms with Gasteiger partial charge in [0.05, 0.1) is 19.3 Å². The quantitative estimate of drug-likeness (QED) is 0.661. The van der Waals surface area contributed by atoms with Crippen molar-refractivity contribution in [2.75, 3.05) is 44.6 Å². The van der Waals surface area contributed by atoms with Gasteiger partial charge in [-0.2, -0.15) is 5.10 Å². The Balaban J connectivity index is 1.52. The first-order valence-electron chi connectivity index (χ1n) is 10.9. The smallest absolute Gasteiger partial charge is 0.343 e. The molecular formula is C23H31N5O4. The van der Waals surface area contributed by atoms with Crippen LogP contribution >= 0.6 is 0 Å². The Labute approximate surface area is 188 Å². The number of nitrogens with one attached hydrogen (secondary N) is 1. The molecule has 0 bridgehead atoms. The number of anilines is 1. The molecule has 32 heavy (non-hydrogen) atoms. The van der Waals surface area contributed by atoms with E-state index in [1.807, 2.05) is 34.1 Å². The van der Waals surface area contributed by atoms with Crippen LogP contribution in [-0.2, 0) is 16.6 Å². The zero-order valence-electron chi connectivity index (χ0n) is 19.1. The minimum absolute atomic E-state index is 0.0124. The number of hydrogen-bond donors (Lipinski definition) is 1. The first kappa shape index (κ1) is 23.5. The third kappa shape index (κ3) is 5.53. The largest absolute Gasteiger partial charge is 0.462 e. The summed E-state index contributed by atoms with van der Waals surface area (Å²) in [6.07, 6.45) is 1.38. The van der Waals surface area contributed by atoms with Gasteiger partial charge in [-0.15, -0.1) is 0 Å². The van der Waals surface area contributed by atoms with Crippen molar-refractivity contribution in [1.29, 1.82) is 0 Å². The van der Waals surface area contributed by atoms with Gasteiger partial charge >= 0.3 is 5.97 Å². The number of benzene rings is 1. The molecule has 1 aliphatic heterocycles. The Bertz CT molecular complexity index is 959. The summed E-state index contributed by atoms with van der Waals surface area (Å²) in [7, 11) is 1.65. The van der Waals surface area contributed by atoms with E-state index in [1.165, 1.54) is 16.4 Å². The van der Waals surface area contributed by atoms with Gasteiger partial charge in [0.15, 0.2) is 0 Å². The van der Waals surface area contributed by atoms with Gasteiger partial charge in [0.2, 0.25) is 5.91 Å². The van der Waals surface area contributed by atoms with Crippen molar-refractivity contribution in [3.63, 3.8) is 0 Å². The average molecular weight is 442 g/mol. The van der Waals surface area contributed by atoms with Crippen LogP contribution in [0.5, 0.6) is 0 Å². The highest BCUT2D eigenvalue weighted by atomic mass is 16.5. The lowest BCUT2D eigenvalue weighted by molar-refractivity contribution is -0.117. The number of rotatable bonds is 7. The Morgan fingerprint density at radius 2 is 1.75 bits per heavy atom. The normalized spacial score (nSPS) is 14.5. The number of piperazine rings is 1. The lowest BCUT2D eigenvalue weighted by Crippen LogP contribution is -2.50. The maximum Gasteiger partial charge on any atom is 0.343 e. The number of ether oxygens (including phenoxy) is 1. The fraction of sp³-hybridized carbons (Fsp3) is 0.478. The van der Waals surface area contributed by atoms with Crippen LogP contribution in [0.25, 0.3) is 0 Å². The predicted molar refractivity (Wildman–Crippen MR) is 121 cm³/mol. The minimum atomic E-state index is -0.524. The molecule has 0 unspecified atom stereocenters. The number of carbonyl (C=O) groups excluding carboxylic acids is 3. The molecule has 0 atom stereocenters. The molecular weight excluding hydrogens is 410 g/mol. The first-order valence-corrected chi connectivity index (χ1v) is 10.9. The standard InChI is InChI=1S/C23H31N5O4/c1-5-32-23(31)19-14-24-26(4)21(19)25-20(29)15-27-10-12-28(13-11-27)22(30)18-8-6-17(7-9-18)16(2)3/h6-9,14,16H,5,10-13,15H2,1-4H3,(H,25,29). The molecule has 9 nitrogen and oxygen atoms in total. The fourth-order valence-electron chi connectivity index (χ4n) is 3.62. The number of amides is 2. The number of aryl methyl sites for hydroxylation is 1. The zero-order valence-corrected chi connectivity index (χ0v) is 19.1. The predicted octanol–water partition coefficient (Wildman–Crippen LogP) is 2.12. The fourth-order valence-corrected chi connectivity index (χ4v) is 3.62. The van der Waals surface area contributed by atoms with Gasteiger partial charge in [-0.3, -0.25) is 19.2 Å². The van der Waals surface area contributed by atoms with Crippen LogP contribution in [0.15, 0.2) is 30.5 Å². The molecule has 0 saturated carbocycles. The summed E-state index contributed by atoms with van der Waals surface area (Å²) in [5, 5.41) is 6.79. The van der Waals surface area contributed by atoms with Crippen LogP contribution in [-0.4, -0.2) is 76.7 Å². The third-order valence-electron chi connectivity index (χ3n) is 5.54. The summed E-state index contributed by atoms with van der Waals surface area (Å²) in [5.74, 6) is -0.0216. The van der Waals surface area contributed by atoms with E-state index in [1.54, 1.807) is 14.0 Å². The Kier molecular flexibility index (Phi) is 7.63. The highest BCUT2D eigenvalue weighted by Gasteiger charge is 2.25. The molecule has 2 amide bonds. The van der Waals surface area contributed by atoms with Gasteiger partial charge in [-0.1, -0.05) is 26.0 Å². The molecule has 1 aromatic carbocycles. The lowest BCUT2D eigenvalue weighted by atomic mass is 10.0. The molecule has 2 heterocycles. The van der Waals surface area contributed by atoms with Crippen molar-refractivity contribution in [2.45, 2.75) is 26.7 Å². The topological polar surface area (TPSA) is 96.8 Å². The maximum atomic E-state index is 12.8. The Morgan fingerprint density at radius 3 is 2.34 bits per heavy atom. The molecule has 1 saturated heterocycles. The van der Waals surface area contributed by atoms with Gasteiger partial charge in [-0.05, 0) is 30.5 Å². The van der Waals surface area contributed by atoms with Crippen LogP contribution in [0.4, 0.5) is 5.82 Å². The summed E-state index contributed by atoms with van der Waals surface area (Å²) in [5.41, 5.74) is 2.11. The van der Waals surface area contributed by atoms with E-state index in [0.717, 1.165) is 0 Å². The molecule has 1 fully saturated rings. The second kappa shape index (κ2) is 10.4. The molecule has 1 N–H and O–H groups in total. The molecule has 9 heteroatoms. The van der Waals surface area contributed by atoms with Crippen molar-refractivity contribution in [3.05, 3.63) is 47.2 Å². The molecule has 0 radical (unpaired) electrons. The van der Waals surface area contributed by atoms with Crippen LogP contribution < -0.4 is 5.32 Å². The summed E-state index contributed by atoms with van der Waals surface area (Å²) in [4.78, 5) is 41.2. The van der Waals surface area contributed by atoms with Crippen molar-refractivity contribution in [2.24, 2.45) is 7.05 Å². The van der Waals surface area contributed by atoms with E-state index in [-0.39, 0.29) is 30.5 Å². The maximum absolute atomic E-state index is 12.8. The van der Waals surface area contributed by atoms with E-state index < -0.39 is 5.97 Å². The van der Waals surface area contributed by atoms with Gasteiger partial charge < -0.3 is 15.0 Å². The van der Waals surface area contributed by atoms with Crippen LogP contribution in [0, 0.1) is 0 Å². The zero-order chi connectivity index (χ0) is 23.3. The minimum Gasteiger partial charge on any atom is -0.462 e. The van der Waals surface area contributed by atoms with E-state index >= 15 is 0 Å². The second-order valence-corrected chi connectivity index (χ2v) is 8.14. The molecule has 2 aromatic rings. The molecule has 1 aromatic heterocycles. The van der Waals surface area contributed by atoms with Crippen molar-refractivity contribution in [1.82, 2.24) is 19.6 Å². The highest BCUT2D eigenvalue weighted by Crippen LogP contribution is 2.17. The van der Waals surface area contributed by atoms with Crippen molar-refractivity contribution < 1.29 is 19.1 Å². The van der Waals surface area contributed by atoms with Gasteiger partial charge in [0.25, 0.3) is 5.91 Å². The molecule has 172 valence electrons. The first-order chi connectivity index (χ1) is 15.3. The van der Waals surface area contributed by atoms with Crippen LogP contribution in [0.2, 0.25) is 0 Å². The number of nitrogens with zero attached hydrogens (tertiary/aromatic N) is 4. The van der Waals surface area contributed by atoms with Gasteiger partial charge in [0, 0.05) is 38.8 Å². The Morgan fingerprint density at radius 1 is 1.09 bits per heavy atom. The number of carbonyl (C=O) groups is 3. The van der Waals surface area contributed by atoms with Crippen LogP contribution in [0.1, 0.15) is 53.0 Å². The summed E-state index contributed by atoms with van der Waals surface area (Å²) in [6, 6.07) is 7.77. The van der Waals surface area contributed by atoms with E-state index in [2.05, 4.69) is 24.3 Å². The van der Waals surface area contributed by atoms with E-state index in [4.69, 9.17) is 4.74 Å². The highest BCUT2D eigenvalue weighted by molar-refractivity contribution is 6.00. The molecule has 3 rings (SSSR count). The summed E-state index contributed by atoms with van der Waals surface area (Å²) >= 11 is 0. The summed E-state index contributed by atoms with van der Waals surface area (Å²) in [6.45, 7) is 8.67. The average Bonchev–Trinajstić information content (AvgIpc) is 3.14.